The molecule has 1 fully saturated rings. The molecule has 1 aliphatic heterocycles. The minimum atomic E-state index is -0.488. The molecule has 0 spiro atoms. The first-order valence-corrected chi connectivity index (χ1v) is 6.58. The first-order chi connectivity index (χ1) is 8.65. The molecule has 0 aromatic heterocycles. The minimum absolute atomic E-state index is 0.137. The second kappa shape index (κ2) is 5.76. The number of nitrogens with two attached hydrogens (primary N) is 1. The zero-order chi connectivity index (χ0) is 13.1. The normalized spacial score (nSPS) is 25.3. The lowest BCUT2D eigenvalue weighted by atomic mass is 9.90. The zero-order valence-corrected chi connectivity index (χ0v) is 10.7. The van der Waals surface area contributed by atoms with E-state index in [1.807, 2.05) is 0 Å². The second-order valence-electron chi connectivity index (χ2n) is 4.92. The zero-order valence-electron chi connectivity index (χ0n) is 10.7. The highest BCUT2D eigenvalue weighted by Crippen LogP contribution is 2.33. The molecule has 0 saturated carbocycles. The molecule has 1 aliphatic rings. The van der Waals surface area contributed by atoms with Crippen LogP contribution in [-0.2, 0) is 0 Å². The fourth-order valence-electron chi connectivity index (χ4n) is 2.83. The average molecular weight is 254 g/mol. The van der Waals surface area contributed by atoms with Crippen LogP contribution in [0.2, 0.25) is 0 Å². The summed E-state index contributed by atoms with van der Waals surface area (Å²) in [6, 6.07) is 3.48. The molecule has 18 heavy (non-hydrogen) atoms. The fraction of sp³-hybridized carbons (Fsp3) is 0.571. The molecule has 0 bridgehead atoms. The van der Waals surface area contributed by atoms with Gasteiger partial charge in [-0.2, -0.15) is 0 Å². The molecule has 1 saturated heterocycles. The summed E-state index contributed by atoms with van der Waals surface area (Å²) in [6.45, 7) is 3.75. The maximum atomic E-state index is 13.9. The molecular formula is C14H20F2N2. The van der Waals surface area contributed by atoms with E-state index in [0.29, 0.717) is 0 Å². The van der Waals surface area contributed by atoms with Gasteiger partial charge in [-0.15, -0.1) is 0 Å². The number of rotatable bonds is 3. The van der Waals surface area contributed by atoms with Crippen LogP contribution in [0.5, 0.6) is 0 Å². The Bertz CT molecular complexity index is 387. The molecule has 2 N–H and O–H groups in total. The molecule has 0 radical (unpaired) electrons. The van der Waals surface area contributed by atoms with Gasteiger partial charge in [-0.25, -0.2) is 8.78 Å². The van der Waals surface area contributed by atoms with E-state index in [1.54, 1.807) is 0 Å². The Balaban J connectivity index is 2.37. The van der Waals surface area contributed by atoms with Crippen molar-refractivity contribution in [2.45, 2.75) is 38.3 Å². The summed E-state index contributed by atoms with van der Waals surface area (Å²) in [5.41, 5.74) is 6.23. The lowest BCUT2D eigenvalue weighted by Gasteiger charge is -2.40. The molecule has 1 aromatic rings. The van der Waals surface area contributed by atoms with Crippen molar-refractivity contribution in [3.8, 4) is 0 Å². The Labute approximate surface area is 107 Å². The van der Waals surface area contributed by atoms with Gasteiger partial charge in [-0.3, -0.25) is 4.90 Å². The van der Waals surface area contributed by atoms with E-state index in [2.05, 4.69) is 11.8 Å². The first-order valence-electron chi connectivity index (χ1n) is 6.58. The third-order valence-electron chi connectivity index (χ3n) is 3.59. The van der Waals surface area contributed by atoms with Gasteiger partial charge in [0, 0.05) is 11.6 Å². The van der Waals surface area contributed by atoms with Gasteiger partial charge in [0.1, 0.15) is 11.6 Å². The Kier molecular flexibility index (Phi) is 4.30. The van der Waals surface area contributed by atoms with Crippen molar-refractivity contribution in [3.63, 3.8) is 0 Å². The summed E-state index contributed by atoms with van der Waals surface area (Å²) in [5.74, 6) is -0.975. The van der Waals surface area contributed by atoms with Crippen LogP contribution in [0.4, 0.5) is 8.78 Å². The van der Waals surface area contributed by atoms with Crippen LogP contribution >= 0.6 is 0 Å². The van der Waals surface area contributed by atoms with E-state index in [-0.39, 0.29) is 17.6 Å². The predicted molar refractivity (Wildman–Crippen MR) is 68.2 cm³/mol. The quantitative estimate of drug-likeness (QED) is 0.898. The summed E-state index contributed by atoms with van der Waals surface area (Å²) in [7, 11) is 0. The fourth-order valence-corrected chi connectivity index (χ4v) is 2.83. The highest BCUT2D eigenvalue weighted by atomic mass is 19.1. The first kappa shape index (κ1) is 13.4. The summed E-state index contributed by atoms with van der Waals surface area (Å²) < 4.78 is 27.8. The monoisotopic (exact) mass is 254 g/mol. The third-order valence-corrected chi connectivity index (χ3v) is 3.59. The topological polar surface area (TPSA) is 29.3 Å². The number of benzene rings is 1. The number of likely N-dealkylation sites (tertiary alicyclic amines) is 1. The van der Waals surface area contributed by atoms with Crippen LogP contribution in [0.1, 0.15) is 37.8 Å². The van der Waals surface area contributed by atoms with Crippen molar-refractivity contribution in [1.82, 2.24) is 4.90 Å². The smallest absolute Gasteiger partial charge is 0.130 e. The van der Waals surface area contributed by atoms with Gasteiger partial charge in [0.2, 0.25) is 0 Å². The molecule has 2 rings (SSSR count). The van der Waals surface area contributed by atoms with Crippen molar-refractivity contribution in [2.75, 3.05) is 13.1 Å². The summed E-state index contributed by atoms with van der Waals surface area (Å²) >= 11 is 0. The summed E-state index contributed by atoms with van der Waals surface area (Å²) in [6.07, 6.45) is 2.77. The van der Waals surface area contributed by atoms with Crippen molar-refractivity contribution in [2.24, 2.45) is 5.73 Å². The second-order valence-corrected chi connectivity index (χ2v) is 4.92. The minimum Gasteiger partial charge on any atom is -0.326 e. The Morgan fingerprint density at radius 3 is 2.61 bits per heavy atom. The van der Waals surface area contributed by atoms with Gasteiger partial charge in [0.25, 0.3) is 0 Å². The Morgan fingerprint density at radius 1 is 1.33 bits per heavy atom. The van der Waals surface area contributed by atoms with Gasteiger partial charge in [-0.05, 0) is 44.5 Å². The van der Waals surface area contributed by atoms with Crippen molar-refractivity contribution < 1.29 is 8.78 Å². The lowest BCUT2D eigenvalue weighted by molar-refractivity contribution is 0.122. The van der Waals surface area contributed by atoms with Crippen LogP contribution in [0.25, 0.3) is 0 Å². The Hall–Kier alpha value is -1.00. The maximum absolute atomic E-state index is 13.9. The van der Waals surface area contributed by atoms with Gasteiger partial charge in [-0.1, -0.05) is 13.0 Å². The van der Waals surface area contributed by atoms with Crippen LogP contribution in [0.15, 0.2) is 18.2 Å². The average Bonchev–Trinajstić information content (AvgIpc) is 2.32. The van der Waals surface area contributed by atoms with Gasteiger partial charge in [0.15, 0.2) is 0 Å². The van der Waals surface area contributed by atoms with E-state index in [0.717, 1.165) is 32.4 Å². The Morgan fingerprint density at radius 2 is 2.00 bits per heavy atom. The molecular weight excluding hydrogens is 234 g/mol. The molecule has 0 amide bonds. The number of nitrogens with zero attached hydrogens (tertiary/aromatic N) is 1. The van der Waals surface area contributed by atoms with Crippen LogP contribution in [-0.4, -0.2) is 24.0 Å². The van der Waals surface area contributed by atoms with E-state index < -0.39 is 11.6 Å². The van der Waals surface area contributed by atoms with Crippen LogP contribution in [0, 0.1) is 11.6 Å². The van der Waals surface area contributed by atoms with Crippen LogP contribution < -0.4 is 5.73 Å². The highest BCUT2D eigenvalue weighted by molar-refractivity contribution is 5.25. The number of hydrogen-bond acceptors (Lipinski definition) is 2. The lowest BCUT2D eigenvalue weighted by Crippen LogP contribution is -2.46. The van der Waals surface area contributed by atoms with Gasteiger partial charge < -0.3 is 5.73 Å². The SMILES string of the molecule is CCCN1CCCC(N)C1c1c(F)cccc1F. The maximum Gasteiger partial charge on any atom is 0.130 e. The van der Waals surface area contributed by atoms with Gasteiger partial charge >= 0.3 is 0 Å². The molecule has 0 aliphatic carbocycles. The van der Waals surface area contributed by atoms with Crippen LogP contribution in [0.3, 0.4) is 0 Å². The molecule has 4 heteroatoms. The molecule has 1 aromatic carbocycles. The number of piperidine rings is 1. The number of hydrogen-bond donors (Lipinski definition) is 1. The summed E-state index contributed by atoms with van der Waals surface area (Å²) in [4.78, 5) is 2.11. The molecule has 2 atom stereocenters. The van der Waals surface area contributed by atoms with Crippen molar-refractivity contribution >= 4 is 0 Å². The summed E-state index contributed by atoms with van der Waals surface area (Å²) in [5, 5.41) is 0. The molecule has 1 heterocycles. The van der Waals surface area contributed by atoms with Crippen molar-refractivity contribution in [3.05, 3.63) is 35.4 Å². The van der Waals surface area contributed by atoms with E-state index >= 15 is 0 Å². The van der Waals surface area contributed by atoms with Crippen molar-refractivity contribution in [1.29, 1.82) is 0 Å². The van der Waals surface area contributed by atoms with E-state index in [4.69, 9.17) is 5.73 Å². The number of halogens is 2. The molecule has 2 unspecified atom stereocenters. The largest absolute Gasteiger partial charge is 0.326 e. The molecule has 100 valence electrons. The predicted octanol–water partition coefficient (Wildman–Crippen LogP) is 2.84. The third kappa shape index (κ3) is 2.54. The van der Waals surface area contributed by atoms with E-state index in [1.165, 1.54) is 18.2 Å². The highest BCUT2D eigenvalue weighted by Gasteiger charge is 2.33. The van der Waals surface area contributed by atoms with E-state index in [9.17, 15) is 8.78 Å². The van der Waals surface area contributed by atoms with Gasteiger partial charge in [0.05, 0.1) is 6.04 Å². The standard InChI is InChI=1S/C14H20F2N2/c1-2-8-18-9-4-7-12(17)14(18)13-10(15)5-3-6-11(13)16/h3,5-6,12,14H,2,4,7-9,17H2,1H3. The molecule has 2 nitrogen and oxygen atoms in total.